The summed E-state index contributed by atoms with van der Waals surface area (Å²) in [5.74, 6) is 0.197. The van der Waals surface area contributed by atoms with Crippen LogP contribution in [0.2, 0.25) is 0 Å². The van der Waals surface area contributed by atoms with E-state index in [1.807, 2.05) is 41.5 Å². The minimum atomic E-state index is -0.0449. The van der Waals surface area contributed by atoms with Crippen LogP contribution in [0.1, 0.15) is 41.0 Å². The number of amides is 2. The van der Waals surface area contributed by atoms with Crippen molar-refractivity contribution in [1.82, 2.24) is 19.7 Å². The Morgan fingerprint density at radius 1 is 0.968 bits per heavy atom. The summed E-state index contributed by atoms with van der Waals surface area (Å²) in [4.78, 5) is 36.7. The maximum atomic E-state index is 13.0. The van der Waals surface area contributed by atoms with Crippen LogP contribution in [0.5, 0.6) is 0 Å². The van der Waals surface area contributed by atoms with Crippen LogP contribution in [0, 0.1) is 12.8 Å². The van der Waals surface area contributed by atoms with Gasteiger partial charge in [0, 0.05) is 61.8 Å². The summed E-state index contributed by atoms with van der Waals surface area (Å²) in [6, 6.07) is 8.39. The molecule has 1 saturated carbocycles. The van der Waals surface area contributed by atoms with Crippen molar-refractivity contribution in [2.24, 2.45) is 5.92 Å². The van der Waals surface area contributed by atoms with E-state index in [4.69, 9.17) is 0 Å². The zero-order chi connectivity index (χ0) is 21.4. The molecule has 2 saturated heterocycles. The van der Waals surface area contributed by atoms with Gasteiger partial charge in [0.15, 0.2) is 0 Å². The van der Waals surface area contributed by atoms with Gasteiger partial charge in [0.1, 0.15) is 0 Å². The Morgan fingerprint density at radius 2 is 1.74 bits per heavy atom. The highest BCUT2D eigenvalue weighted by Gasteiger charge is 2.39. The van der Waals surface area contributed by atoms with Gasteiger partial charge in [-0.25, -0.2) is 4.98 Å². The van der Waals surface area contributed by atoms with Gasteiger partial charge in [-0.3, -0.25) is 14.5 Å². The second kappa shape index (κ2) is 8.71. The number of thiazole rings is 1. The Labute approximate surface area is 187 Å². The Kier molecular flexibility index (Phi) is 5.80. The fraction of sp³-hybridized carbons (Fsp3) is 0.542. The third kappa shape index (κ3) is 4.26. The van der Waals surface area contributed by atoms with Crippen molar-refractivity contribution in [2.45, 2.75) is 38.6 Å². The Bertz CT molecular complexity index is 947. The number of rotatable bonds is 4. The molecule has 0 radical (unpaired) electrons. The molecule has 5 rings (SSSR count). The van der Waals surface area contributed by atoms with Crippen LogP contribution in [0.4, 0.5) is 0 Å². The quantitative estimate of drug-likeness (QED) is 0.735. The monoisotopic (exact) mass is 438 g/mol. The van der Waals surface area contributed by atoms with Gasteiger partial charge in [-0.2, -0.15) is 0 Å². The molecule has 31 heavy (non-hydrogen) atoms. The SMILES string of the molecule is Cc1nc(-c2ccc(C(=O)N3CC(C(=O)N4CCCN(C5CCC5)CC4)C3)cc2)cs1. The molecule has 2 aromatic rings. The first-order valence-electron chi connectivity index (χ1n) is 11.4. The van der Waals surface area contributed by atoms with Gasteiger partial charge < -0.3 is 9.80 Å². The number of aromatic nitrogens is 1. The lowest BCUT2D eigenvalue weighted by atomic mass is 9.91. The molecular weight excluding hydrogens is 408 g/mol. The normalized spacial score (nSPS) is 20.8. The van der Waals surface area contributed by atoms with Crippen molar-refractivity contribution in [3.63, 3.8) is 0 Å². The summed E-state index contributed by atoms with van der Waals surface area (Å²) in [6.45, 7) is 6.85. The first kappa shape index (κ1) is 20.6. The van der Waals surface area contributed by atoms with Gasteiger partial charge in [0.25, 0.3) is 5.91 Å². The molecule has 0 N–H and O–H groups in total. The number of hydrogen-bond acceptors (Lipinski definition) is 5. The van der Waals surface area contributed by atoms with E-state index in [9.17, 15) is 9.59 Å². The van der Waals surface area contributed by atoms with Gasteiger partial charge in [-0.05, 0) is 38.3 Å². The fourth-order valence-corrected chi connectivity index (χ4v) is 5.42. The van der Waals surface area contributed by atoms with Gasteiger partial charge in [-0.1, -0.05) is 18.6 Å². The van der Waals surface area contributed by atoms with Crippen LogP contribution >= 0.6 is 11.3 Å². The highest BCUT2D eigenvalue weighted by atomic mass is 32.1. The zero-order valence-electron chi connectivity index (χ0n) is 18.1. The predicted octanol–water partition coefficient (Wildman–Crippen LogP) is 3.28. The summed E-state index contributed by atoms with van der Waals surface area (Å²) < 4.78 is 0. The van der Waals surface area contributed by atoms with Crippen molar-refractivity contribution in [3.8, 4) is 11.3 Å². The lowest BCUT2D eigenvalue weighted by Gasteiger charge is -2.40. The number of likely N-dealkylation sites (tertiary alicyclic amines) is 1. The first-order valence-corrected chi connectivity index (χ1v) is 12.3. The van der Waals surface area contributed by atoms with Crippen LogP contribution in [-0.4, -0.2) is 76.8 Å². The summed E-state index contributed by atoms with van der Waals surface area (Å²) >= 11 is 1.62. The minimum Gasteiger partial charge on any atom is -0.341 e. The number of carbonyl (C=O) groups excluding carboxylic acids is 2. The highest BCUT2D eigenvalue weighted by molar-refractivity contribution is 7.09. The molecule has 1 aromatic heterocycles. The summed E-state index contributed by atoms with van der Waals surface area (Å²) in [6.07, 6.45) is 5.04. The van der Waals surface area contributed by atoms with Crippen molar-refractivity contribution >= 4 is 23.2 Å². The van der Waals surface area contributed by atoms with E-state index in [1.54, 1.807) is 16.2 Å². The average Bonchev–Trinajstić information content (AvgIpc) is 2.99. The molecular formula is C24H30N4O2S. The fourth-order valence-electron chi connectivity index (χ4n) is 4.80. The Hall–Kier alpha value is -2.25. The molecule has 7 heteroatoms. The van der Waals surface area contributed by atoms with E-state index in [0.717, 1.165) is 54.9 Å². The second-order valence-electron chi connectivity index (χ2n) is 9.04. The van der Waals surface area contributed by atoms with Crippen molar-refractivity contribution in [2.75, 3.05) is 39.3 Å². The highest BCUT2D eigenvalue weighted by Crippen LogP contribution is 2.27. The van der Waals surface area contributed by atoms with Gasteiger partial charge in [0.2, 0.25) is 5.91 Å². The number of hydrogen-bond donors (Lipinski definition) is 0. The first-order chi connectivity index (χ1) is 15.1. The van der Waals surface area contributed by atoms with Gasteiger partial charge >= 0.3 is 0 Å². The van der Waals surface area contributed by atoms with Crippen LogP contribution in [0.3, 0.4) is 0 Å². The van der Waals surface area contributed by atoms with Gasteiger partial charge in [0.05, 0.1) is 16.6 Å². The van der Waals surface area contributed by atoms with Crippen LogP contribution in [0.25, 0.3) is 11.3 Å². The standard InChI is InChI=1S/C24H30N4O2S/c1-17-25-22(16-31-17)18-6-8-19(9-7-18)23(29)28-14-20(15-28)24(30)27-11-3-10-26(12-13-27)21-4-2-5-21/h6-9,16,20-21H,2-5,10-15H2,1H3. The smallest absolute Gasteiger partial charge is 0.253 e. The van der Waals surface area contributed by atoms with Crippen LogP contribution < -0.4 is 0 Å². The molecule has 3 aliphatic rings. The maximum Gasteiger partial charge on any atom is 0.253 e. The molecule has 1 aromatic carbocycles. The molecule has 2 amide bonds. The van der Waals surface area contributed by atoms with E-state index in [2.05, 4.69) is 9.88 Å². The van der Waals surface area contributed by atoms with Crippen molar-refractivity contribution in [3.05, 3.63) is 40.2 Å². The summed E-state index contributed by atoms with van der Waals surface area (Å²) in [5, 5.41) is 3.07. The molecule has 1 aliphatic carbocycles. The van der Waals surface area contributed by atoms with E-state index in [1.165, 1.54) is 19.3 Å². The van der Waals surface area contributed by atoms with Crippen LogP contribution in [-0.2, 0) is 4.79 Å². The van der Waals surface area contributed by atoms with E-state index >= 15 is 0 Å². The van der Waals surface area contributed by atoms with E-state index < -0.39 is 0 Å². The topological polar surface area (TPSA) is 56.8 Å². The second-order valence-corrected chi connectivity index (χ2v) is 10.1. The minimum absolute atomic E-state index is 0.0112. The molecule has 0 bridgehead atoms. The van der Waals surface area contributed by atoms with Gasteiger partial charge in [-0.15, -0.1) is 11.3 Å². The maximum absolute atomic E-state index is 13.0. The van der Waals surface area contributed by atoms with Crippen molar-refractivity contribution < 1.29 is 9.59 Å². The van der Waals surface area contributed by atoms with Crippen molar-refractivity contribution in [1.29, 1.82) is 0 Å². The third-order valence-corrected chi connectivity index (χ3v) is 7.77. The molecule has 3 fully saturated rings. The molecule has 6 nitrogen and oxygen atoms in total. The molecule has 3 heterocycles. The molecule has 164 valence electrons. The van der Waals surface area contributed by atoms with E-state index in [-0.39, 0.29) is 17.7 Å². The molecule has 0 spiro atoms. The number of aryl methyl sites for hydroxylation is 1. The number of carbonyl (C=O) groups is 2. The Morgan fingerprint density at radius 3 is 2.39 bits per heavy atom. The zero-order valence-corrected chi connectivity index (χ0v) is 18.9. The number of benzene rings is 1. The molecule has 2 aliphatic heterocycles. The lowest BCUT2D eigenvalue weighted by Crippen LogP contribution is -2.56. The Balaban J connectivity index is 1.13. The number of nitrogens with zero attached hydrogens (tertiary/aromatic N) is 4. The lowest BCUT2D eigenvalue weighted by molar-refractivity contribution is -0.139. The third-order valence-electron chi connectivity index (χ3n) is 7.00. The average molecular weight is 439 g/mol. The van der Waals surface area contributed by atoms with Crippen LogP contribution in [0.15, 0.2) is 29.6 Å². The largest absolute Gasteiger partial charge is 0.341 e. The predicted molar refractivity (Wildman–Crippen MR) is 122 cm³/mol. The molecule has 0 unspecified atom stereocenters. The van der Waals surface area contributed by atoms with E-state index in [0.29, 0.717) is 18.7 Å². The summed E-state index contributed by atoms with van der Waals surface area (Å²) in [5.41, 5.74) is 2.65. The summed E-state index contributed by atoms with van der Waals surface area (Å²) in [7, 11) is 0. The molecule has 0 atom stereocenters.